The Kier molecular flexibility index (Phi) is 4.53. The van der Waals surface area contributed by atoms with Gasteiger partial charge in [-0.25, -0.2) is 4.39 Å². The lowest BCUT2D eigenvalue weighted by atomic mass is 10.1. The van der Waals surface area contributed by atoms with Crippen molar-refractivity contribution in [3.05, 3.63) is 59.3 Å². The van der Waals surface area contributed by atoms with Crippen LogP contribution in [0.15, 0.2) is 41.0 Å². The van der Waals surface area contributed by atoms with Gasteiger partial charge in [0.1, 0.15) is 11.6 Å². The third-order valence-corrected chi connectivity index (χ3v) is 2.55. The number of rotatable bonds is 3. The number of nitrogens with two attached hydrogens (primary N) is 1. The topological polar surface area (TPSA) is 68.3 Å². The largest absolute Gasteiger partial charge is 0.467 e. The SMILES string of the molecule is NCC#Cc1ccc(C(=O)NCc2ccco2)c(F)c1. The number of carbonyl (C=O) groups is 1. The van der Waals surface area contributed by atoms with E-state index in [-0.39, 0.29) is 18.7 Å². The molecule has 0 bridgehead atoms. The van der Waals surface area contributed by atoms with E-state index in [4.69, 9.17) is 10.2 Å². The van der Waals surface area contributed by atoms with Crippen molar-refractivity contribution >= 4 is 5.91 Å². The Morgan fingerprint density at radius 2 is 2.25 bits per heavy atom. The maximum Gasteiger partial charge on any atom is 0.254 e. The molecule has 1 heterocycles. The third-order valence-electron chi connectivity index (χ3n) is 2.55. The second kappa shape index (κ2) is 6.55. The van der Waals surface area contributed by atoms with E-state index in [1.54, 1.807) is 18.2 Å². The minimum absolute atomic E-state index is 0.0325. The van der Waals surface area contributed by atoms with Crippen LogP contribution in [0.25, 0.3) is 0 Å². The fourth-order valence-electron chi connectivity index (χ4n) is 1.61. The molecule has 0 saturated heterocycles. The van der Waals surface area contributed by atoms with Gasteiger partial charge in [0.2, 0.25) is 0 Å². The van der Waals surface area contributed by atoms with Crippen molar-refractivity contribution in [1.29, 1.82) is 0 Å². The normalized spacial score (nSPS) is 9.70. The first kappa shape index (κ1) is 13.8. The van der Waals surface area contributed by atoms with Gasteiger partial charge in [-0.05, 0) is 30.3 Å². The van der Waals surface area contributed by atoms with Gasteiger partial charge in [0.25, 0.3) is 5.91 Å². The lowest BCUT2D eigenvalue weighted by Crippen LogP contribution is -2.23. The van der Waals surface area contributed by atoms with E-state index in [2.05, 4.69) is 17.2 Å². The lowest BCUT2D eigenvalue weighted by Gasteiger charge is -2.05. The number of hydrogen-bond donors (Lipinski definition) is 2. The number of furan rings is 1. The van der Waals surface area contributed by atoms with E-state index in [1.807, 2.05) is 0 Å². The molecular weight excluding hydrogens is 259 g/mol. The fraction of sp³-hybridized carbons (Fsp3) is 0.133. The van der Waals surface area contributed by atoms with Crippen LogP contribution in [0.5, 0.6) is 0 Å². The summed E-state index contributed by atoms with van der Waals surface area (Å²) >= 11 is 0. The van der Waals surface area contributed by atoms with Crippen LogP contribution in [0.3, 0.4) is 0 Å². The van der Waals surface area contributed by atoms with Gasteiger partial charge >= 0.3 is 0 Å². The molecule has 0 aliphatic heterocycles. The molecule has 102 valence electrons. The monoisotopic (exact) mass is 272 g/mol. The average Bonchev–Trinajstić information content (AvgIpc) is 2.96. The van der Waals surface area contributed by atoms with Crippen LogP contribution in [0, 0.1) is 17.7 Å². The smallest absolute Gasteiger partial charge is 0.254 e. The molecule has 1 amide bonds. The first-order valence-electron chi connectivity index (χ1n) is 6.00. The Morgan fingerprint density at radius 3 is 2.90 bits per heavy atom. The second-order valence-corrected chi connectivity index (χ2v) is 3.96. The van der Waals surface area contributed by atoms with E-state index in [0.717, 1.165) is 0 Å². The summed E-state index contributed by atoms with van der Waals surface area (Å²) in [6.45, 7) is 0.410. The van der Waals surface area contributed by atoms with Crippen molar-refractivity contribution in [2.24, 2.45) is 5.73 Å². The van der Waals surface area contributed by atoms with Gasteiger partial charge in [-0.2, -0.15) is 0 Å². The summed E-state index contributed by atoms with van der Waals surface area (Å²) in [4.78, 5) is 11.8. The summed E-state index contributed by atoms with van der Waals surface area (Å²) in [6.07, 6.45) is 1.51. The summed E-state index contributed by atoms with van der Waals surface area (Å²) in [6, 6.07) is 7.63. The van der Waals surface area contributed by atoms with Crippen LogP contribution in [0.1, 0.15) is 21.7 Å². The van der Waals surface area contributed by atoms with Crippen LogP contribution in [-0.4, -0.2) is 12.5 Å². The van der Waals surface area contributed by atoms with E-state index >= 15 is 0 Å². The molecule has 0 aliphatic rings. The van der Waals surface area contributed by atoms with Crippen LogP contribution in [-0.2, 0) is 6.54 Å². The first-order chi connectivity index (χ1) is 9.70. The van der Waals surface area contributed by atoms with Gasteiger partial charge in [0, 0.05) is 5.56 Å². The molecule has 20 heavy (non-hydrogen) atoms. The van der Waals surface area contributed by atoms with Crippen LogP contribution in [0.2, 0.25) is 0 Å². The fourth-order valence-corrected chi connectivity index (χ4v) is 1.61. The number of carbonyl (C=O) groups excluding carboxylic acids is 1. The molecule has 0 unspecified atom stereocenters. The summed E-state index contributed by atoms with van der Waals surface area (Å²) in [7, 11) is 0. The Labute approximate surface area is 115 Å². The summed E-state index contributed by atoms with van der Waals surface area (Å²) < 4.78 is 18.9. The number of halogens is 1. The molecule has 3 N–H and O–H groups in total. The molecule has 2 aromatic rings. The molecule has 0 atom stereocenters. The van der Waals surface area contributed by atoms with Crippen molar-refractivity contribution < 1.29 is 13.6 Å². The predicted octanol–water partition coefficient (Wildman–Crippen LogP) is 1.66. The number of benzene rings is 1. The van der Waals surface area contributed by atoms with Gasteiger partial charge in [-0.1, -0.05) is 11.8 Å². The van der Waals surface area contributed by atoms with Gasteiger partial charge in [-0.3, -0.25) is 4.79 Å². The zero-order chi connectivity index (χ0) is 14.4. The highest BCUT2D eigenvalue weighted by Crippen LogP contribution is 2.10. The minimum Gasteiger partial charge on any atom is -0.467 e. The molecule has 1 aromatic heterocycles. The van der Waals surface area contributed by atoms with Gasteiger partial charge in [-0.15, -0.1) is 0 Å². The number of nitrogens with one attached hydrogen (secondary N) is 1. The highest BCUT2D eigenvalue weighted by atomic mass is 19.1. The van der Waals surface area contributed by atoms with Crippen LogP contribution < -0.4 is 11.1 Å². The first-order valence-corrected chi connectivity index (χ1v) is 6.00. The molecular formula is C15H13FN2O2. The quantitative estimate of drug-likeness (QED) is 0.835. The number of amides is 1. The van der Waals surface area contributed by atoms with Gasteiger partial charge in [0.15, 0.2) is 0 Å². The molecule has 0 fully saturated rings. The van der Waals surface area contributed by atoms with Gasteiger partial charge in [0.05, 0.1) is 24.9 Å². The zero-order valence-electron chi connectivity index (χ0n) is 10.7. The van der Waals surface area contributed by atoms with E-state index in [1.165, 1.54) is 18.4 Å². The molecule has 0 spiro atoms. The van der Waals surface area contributed by atoms with E-state index in [9.17, 15) is 9.18 Å². The Bertz CT molecular complexity index is 654. The molecule has 5 heteroatoms. The molecule has 1 aromatic carbocycles. The number of hydrogen-bond acceptors (Lipinski definition) is 3. The Balaban J connectivity index is 2.06. The van der Waals surface area contributed by atoms with Crippen molar-refractivity contribution in [2.75, 3.05) is 6.54 Å². The third kappa shape index (κ3) is 3.46. The summed E-state index contributed by atoms with van der Waals surface area (Å²) in [5.41, 5.74) is 5.69. The van der Waals surface area contributed by atoms with Gasteiger partial charge < -0.3 is 15.5 Å². The standard InChI is InChI=1S/C15H13FN2O2/c16-14-9-11(3-1-7-17)5-6-13(14)15(19)18-10-12-4-2-8-20-12/h2,4-6,8-9H,7,10,17H2,(H,18,19). The maximum absolute atomic E-state index is 13.8. The average molecular weight is 272 g/mol. The van der Waals surface area contributed by atoms with Crippen LogP contribution in [0.4, 0.5) is 4.39 Å². The lowest BCUT2D eigenvalue weighted by molar-refractivity contribution is 0.0944. The highest BCUT2D eigenvalue weighted by molar-refractivity contribution is 5.94. The zero-order valence-corrected chi connectivity index (χ0v) is 10.7. The predicted molar refractivity (Wildman–Crippen MR) is 72.2 cm³/mol. The summed E-state index contributed by atoms with van der Waals surface area (Å²) in [5.74, 6) is 4.81. The minimum atomic E-state index is -0.620. The van der Waals surface area contributed by atoms with Crippen LogP contribution >= 0.6 is 0 Å². The van der Waals surface area contributed by atoms with Crippen molar-refractivity contribution in [1.82, 2.24) is 5.32 Å². The van der Waals surface area contributed by atoms with Crippen molar-refractivity contribution in [3.63, 3.8) is 0 Å². The molecule has 4 nitrogen and oxygen atoms in total. The highest BCUT2D eigenvalue weighted by Gasteiger charge is 2.12. The van der Waals surface area contributed by atoms with E-state index in [0.29, 0.717) is 11.3 Å². The Hall–Kier alpha value is -2.58. The summed E-state index contributed by atoms with van der Waals surface area (Å²) in [5, 5.41) is 2.58. The van der Waals surface area contributed by atoms with Crippen molar-refractivity contribution in [2.45, 2.75) is 6.54 Å². The Morgan fingerprint density at radius 1 is 1.40 bits per heavy atom. The maximum atomic E-state index is 13.8. The molecule has 0 aliphatic carbocycles. The second-order valence-electron chi connectivity index (χ2n) is 3.96. The molecule has 0 radical (unpaired) electrons. The van der Waals surface area contributed by atoms with Crippen molar-refractivity contribution in [3.8, 4) is 11.8 Å². The van der Waals surface area contributed by atoms with E-state index < -0.39 is 11.7 Å². The molecule has 0 saturated carbocycles. The molecule has 2 rings (SSSR count).